The maximum atomic E-state index is 11.9. The molecule has 0 heterocycles. The van der Waals surface area contributed by atoms with Crippen LogP contribution in [0, 0.1) is 5.92 Å². The molecule has 0 aromatic carbocycles. The molecule has 0 saturated heterocycles. The summed E-state index contributed by atoms with van der Waals surface area (Å²) in [6.45, 7) is 11.2. The molecular formula is C12H22N2O3. The fourth-order valence-electron chi connectivity index (χ4n) is 1.40. The van der Waals surface area contributed by atoms with E-state index >= 15 is 0 Å². The third kappa shape index (κ3) is 4.89. The summed E-state index contributed by atoms with van der Waals surface area (Å²) in [5.74, 6) is -1.18. The average Bonchev–Trinajstić information content (AvgIpc) is 2.20. The summed E-state index contributed by atoms with van der Waals surface area (Å²) in [7, 11) is 0. The fourth-order valence-corrected chi connectivity index (χ4v) is 1.40. The number of carbonyl (C=O) groups is 2. The van der Waals surface area contributed by atoms with Gasteiger partial charge in [0.05, 0.1) is 0 Å². The van der Waals surface area contributed by atoms with Crippen LogP contribution in [-0.4, -0.2) is 40.6 Å². The molecule has 2 amide bonds. The van der Waals surface area contributed by atoms with Crippen LogP contribution in [0.2, 0.25) is 0 Å². The fraction of sp³-hybridized carbons (Fsp3) is 0.667. The zero-order valence-corrected chi connectivity index (χ0v) is 10.9. The standard InChI is InChI=1S/C12H22N2O3/c1-6-7-14(9(4)5)12(17)13-10(8(2)3)11(15)16/h6,8-10H,1,7H2,2-5H3,(H,13,17)(H,15,16)/t10-/m0/s1. The molecule has 0 rings (SSSR count). The van der Waals surface area contributed by atoms with Gasteiger partial charge < -0.3 is 15.3 Å². The quantitative estimate of drug-likeness (QED) is 0.696. The number of hydrogen-bond acceptors (Lipinski definition) is 2. The first-order valence-corrected chi connectivity index (χ1v) is 5.72. The molecule has 0 radical (unpaired) electrons. The van der Waals surface area contributed by atoms with Gasteiger partial charge in [0.25, 0.3) is 0 Å². The number of hydrogen-bond donors (Lipinski definition) is 2. The molecule has 0 aliphatic carbocycles. The Bertz CT molecular complexity index is 287. The number of nitrogens with one attached hydrogen (secondary N) is 1. The minimum Gasteiger partial charge on any atom is -0.480 e. The number of rotatable bonds is 6. The van der Waals surface area contributed by atoms with Crippen LogP contribution < -0.4 is 5.32 Å². The molecule has 0 aromatic heterocycles. The van der Waals surface area contributed by atoms with Crippen molar-refractivity contribution in [2.45, 2.75) is 39.8 Å². The van der Waals surface area contributed by atoms with Crippen molar-refractivity contribution in [2.24, 2.45) is 5.92 Å². The number of aliphatic carboxylic acids is 1. The zero-order chi connectivity index (χ0) is 13.6. The first kappa shape index (κ1) is 15.5. The molecule has 17 heavy (non-hydrogen) atoms. The van der Waals surface area contributed by atoms with Gasteiger partial charge in [-0.15, -0.1) is 6.58 Å². The minimum atomic E-state index is -1.02. The Labute approximate surface area is 102 Å². The van der Waals surface area contributed by atoms with Crippen molar-refractivity contribution in [3.63, 3.8) is 0 Å². The van der Waals surface area contributed by atoms with E-state index in [0.29, 0.717) is 6.54 Å². The number of nitrogens with zero attached hydrogens (tertiary/aromatic N) is 1. The molecule has 5 heteroatoms. The van der Waals surface area contributed by atoms with Crippen LogP contribution >= 0.6 is 0 Å². The summed E-state index contributed by atoms with van der Waals surface area (Å²) in [6.07, 6.45) is 1.62. The van der Waals surface area contributed by atoms with Crippen molar-refractivity contribution < 1.29 is 14.7 Å². The second-order valence-electron chi connectivity index (χ2n) is 4.54. The smallest absolute Gasteiger partial charge is 0.326 e. The molecule has 0 unspecified atom stereocenters. The first-order valence-electron chi connectivity index (χ1n) is 5.72. The van der Waals surface area contributed by atoms with Gasteiger partial charge in [-0.25, -0.2) is 9.59 Å². The van der Waals surface area contributed by atoms with Crippen LogP contribution in [0.15, 0.2) is 12.7 Å². The normalized spacial score (nSPS) is 12.4. The van der Waals surface area contributed by atoms with Gasteiger partial charge in [-0.1, -0.05) is 19.9 Å². The van der Waals surface area contributed by atoms with Crippen molar-refractivity contribution in [1.29, 1.82) is 0 Å². The van der Waals surface area contributed by atoms with Crippen LogP contribution in [0.3, 0.4) is 0 Å². The number of carbonyl (C=O) groups excluding carboxylic acids is 1. The van der Waals surface area contributed by atoms with Crippen molar-refractivity contribution >= 4 is 12.0 Å². The molecule has 5 nitrogen and oxygen atoms in total. The first-order chi connectivity index (χ1) is 7.81. The monoisotopic (exact) mass is 242 g/mol. The lowest BCUT2D eigenvalue weighted by molar-refractivity contribution is -0.140. The summed E-state index contributed by atoms with van der Waals surface area (Å²) in [5, 5.41) is 11.5. The third-order valence-corrected chi connectivity index (χ3v) is 2.42. The largest absolute Gasteiger partial charge is 0.480 e. The summed E-state index contributed by atoms with van der Waals surface area (Å²) in [4.78, 5) is 24.4. The molecular weight excluding hydrogens is 220 g/mol. The van der Waals surface area contributed by atoms with E-state index in [2.05, 4.69) is 11.9 Å². The van der Waals surface area contributed by atoms with Gasteiger partial charge in [-0.3, -0.25) is 0 Å². The molecule has 0 spiro atoms. The van der Waals surface area contributed by atoms with Gasteiger partial charge in [0.15, 0.2) is 0 Å². The van der Waals surface area contributed by atoms with Gasteiger partial charge in [0, 0.05) is 12.6 Å². The molecule has 1 atom stereocenters. The Morgan fingerprint density at radius 2 is 1.88 bits per heavy atom. The predicted molar refractivity (Wildman–Crippen MR) is 66.8 cm³/mol. The van der Waals surface area contributed by atoms with Crippen LogP contribution in [0.4, 0.5) is 4.79 Å². The van der Waals surface area contributed by atoms with Crippen molar-refractivity contribution in [2.75, 3.05) is 6.54 Å². The molecule has 0 fully saturated rings. The number of carboxylic acids is 1. The van der Waals surface area contributed by atoms with Crippen molar-refractivity contribution in [1.82, 2.24) is 10.2 Å². The second kappa shape index (κ2) is 6.93. The molecule has 0 bridgehead atoms. The van der Waals surface area contributed by atoms with E-state index in [1.54, 1.807) is 19.9 Å². The van der Waals surface area contributed by atoms with Gasteiger partial charge in [0.2, 0.25) is 0 Å². The summed E-state index contributed by atoms with van der Waals surface area (Å²) < 4.78 is 0. The Morgan fingerprint density at radius 1 is 1.35 bits per heavy atom. The lowest BCUT2D eigenvalue weighted by Crippen LogP contribution is -2.52. The van der Waals surface area contributed by atoms with E-state index in [1.807, 2.05) is 13.8 Å². The van der Waals surface area contributed by atoms with Crippen molar-refractivity contribution in [3.05, 3.63) is 12.7 Å². The van der Waals surface area contributed by atoms with Crippen LogP contribution in [0.25, 0.3) is 0 Å². The van der Waals surface area contributed by atoms with Crippen LogP contribution in [0.5, 0.6) is 0 Å². The lowest BCUT2D eigenvalue weighted by Gasteiger charge is -2.28. The maximum absolute atomic E-state index is 11.9. The highest BCUT2D eigenvalue weighted by atomic mass is 16.4. The molecule has 2 N–H and O–H groups in total. The van der Waals surface area contributed by atoms with E-state index in [4.69, 9.17) is 5.11 Å². The van der Waals surface area contributed by atoms with Crippen LogP contribution in [-0.2, 0) is 4.79 Å². The van der Waals surface area contributed by atoms with E-state index < -0.39 is 12.0 Å². The zero-order valence-electron chi connectivity index (χ0n) is 10.9. The number of carboxylic acid groups (broad SMARTS) is 1. The highest BCUT2D eigenvalue weighted by Crippen LogP contribution is 2.05. The van der Waals surface area contributed by atoms with E-state index in [9.17, 15) is 9.59 Å². The molecule has 98 valence electrons. The van der Waals surface area contributed by atoms with E-state index in [-0.39, 0.29) is 18.0 Å². The summed E-state index contributed by atoms with van der Waals surface area (Å²) in [6, 6.07) is -1.25. The topological polar surface area (TPSA) is 69.6 Å². The van der Waals surface area contributed by atoms with Gasteiger partial charge >= 0.3 is 12.0 Å². The highest BCUT2D eigenvalue weighted by molar-refractivity contribution is 5.83. The molecule has 0 aromatic rings. The molecule has 0 aliphatic rings. The third-order valence-electron chi connectivity index (χ3n) is 2.42. The summed E-state index contributed by atoms with van der Waals surface area (Å²) in [5.41, 5.74) is 0. The Balaban J connectivity index is 4.67. The second-order valence-corrected chi connectivity index (χ2v) is 4.54. The van der Waals surface area contributed by atoms with Gasteiger partial charge in [-0.2, -0.15) is 0 Å². The highest BCUT2D eigenvalue weighted by Gasteiger charge is 2.26. The van der Waals surface area contributed by atoms with E-state index in [0.717, 1.165) is 0 Å². The minimum absolute atomic E-state index is 0.00499. The average molecular weight is 242 g/mol. The number of urea groups is 1. The lowest BCUT2D eigenvalue weighted by atomic mass is 10.1. The van der Waals surface area contributed by atoms with Crippen molar-refractivity contribution in [3.8, 4) is 0 Å². The van der Waals surface area contributed by atoms with E-state index in [1.165, 1.54) is 4.90 Å². The molecule has 0 saturated carbocycles. The Hall–Kier alpha value is -1.52. The number of amides is 2. The SMILES string of the molecule is C=CCN(C(=O)N[C@H](C(=O)O)C(C)C)C(C)C. The Kier molecular flexibility index (Phi) is 6.31. The Morgan fingerprint density at radius 3 is 2.18 bits per heavy atom. The predicted octanol–water partition coefficient (Wildman–Crippen LogP) is 1.70. The molecule has 0 aliphatic heterocycles. The van der Waals surface area contributed by atoms with Gasteiger partial charge in [-0.05, 0) is 19.8 Å². The summed E-state index contributed by atoms with van der Waals surface area (Å²) >= 11 is 0. The van der Waals surface area contributed by atoms with Gasteiger partial charge in [0.1, 0.15) is 6.04 Å². The van der Waals surface area contributed by atoms with Crippen LogP contribution in [0.1, 0.15) is 27.7 Å². The maximum Gasteiger partial charge on any atom is 0.326 e.